The molecule has 4 rings (SSSR count). The number of carbonyl (C=O) groups excluding carboxylic acids is 2. The number of hydrogen-bond donors (Lipinski definition) is 3. The number of carbonyl (C=O) groups is 2. The standard InChI is InChI=1S/C22H18ClF3N8O4/c23-12-7-5-11(6-8-12)19-31-33(21(38)32(19)9-15(35)22(24,25)26)10-16-29-20(18(28)37)34(30-16)14-4-2-1-3-13(14)17(27)36/h1-8,15,35H,9-10H2,(H2,27,36)(H2,28,37)/t15-/m0/s1. The molecule has 0 fully saturated rings. The maximum absolute atomic E-state index is 13.1. The zero-order valence-corrected chi connectivity index (χ0v) is 19.9. The van der Waals surface area contributed by atoms with Crippen molar-refractivity contribution in [3.63, 3.8) is 0 Å². The van der Waals surface area contributed by atoms with Crippen LogP contribution in [0.4, 0.5) is 13.2 Å². The molecule has 0 bridgehead atoms. The number of halogens is 4. The number of aliphatic hydroxyl groups excluding tert-OH is 1. The Balaban J connectivity index is 1.80. The summed E-state index contributed by atoms with van der Waals surface area (Å²) in [4.78, 5) is 41.0. The first-order valence-corrected chi connectivity index (χ1v) is 11.1. The van der Waals surface area contributed by atoms with Gasteiger partial charge in [0, 0.05) is 10.6 Å². The molecule has 5 N–H and O–H groups in total. The molecule has 0 saturated carbocycles. The van der Waals surface area contributed by atoms with E-state index >= 15 is 0 Å². The van der Waals surface area contributed by atoms with Crippen LogP contribution in [0.3, 0.4) is 0 Å². The molecule has 1 atom stereocenters. The quantitative estimate of drug-likeness (QED) is 0.294. The topological polar surface area (TPSA) is 177 Å². The number of benzene rings is 2. The highest BCUT2D eigenvalue weighted by Gasteiger charge is 2.39. The van der Waals surface area contributed by atoms with Crippen molar-refractivity contribution in [2.24, 2.45) is 11.5 Å². The highest BCUT2D eigenvalue weighted by Crippen LogP contribution is 2.24. The lowest BCUT2D eigenvalue weighted by atomic mass is 10.1. The maximum atomic E-state index is 13.1. The third-order valence-corrected chi connectivity index (χ3v) is 5.57. The molecule has 2 heterocycles. The first kappa shape index (κ1) is 26.6. The smallest absolute Gasteiger partial charge is 0.382 e. The van der Waals surface area contributed by atoms with Crippen LogP contribution < -0.4 is 17.2 Å². The zero-order valence-electron chi connectivity index (χ0n) is 19.1. The summed E-state index contributed by atoms with van der Waals surface area (Å²) in [7, 11) is 0. The normalized spacial score (nSPS) is 12.4. The highest BCUT2D eigenvalue weighted by atomic mass is 35.5. The number of aromatic nitrogens is 6. The second kappa shape index (κ2) is 10.1. The Morgan fingerprint density at radius 3 is 2.29 bits per heavy atom. The van der Waals surface area contributed by atoms with Gasteiger partial charge in [0.05, 0.1) is 17.8 Å². The van der Waals surface area contributed by atoms with Gasteiger partial charge in [-0.15, -0.1) is 10.2 Å². The number of amides is 2. The molecule has 0 radical (unpaired) electrons. The van der Waals surface area contributed by atoms with Crippen molar-refractivity contribution >= 4 is 23.4 Å². The van der Waals surface area contributed by atoms with Crippen LogP contribution >= 0.6 is 11.6 Å². The van der Waals surface area contributed by atoms with Gasteiger partial charge < -0.3 is 16.6 Å². The molecule has 16 heteroatoms. The van der Waals surface area contributed by atoms with Crippen LogP contribution in [0.5, 0.6) is 0 Å². The Kier molecular flexibility index (Phi) is 7.06. The monoisotopic (exact) mass is 550 g/mol. The van der Waals surface area contributed by atoms with Crippen LogP contribution in [-0.2, 0) is 13.1 Å². The van der Waals surface area contributed by atoms with Gasteiger partial charge >= 0.3 is 11.9 Å². The first-order valence-electron chi connectivity index (χ1n) is 10.7. The molecular formula is C22H18ClF3N8O4. The van der Waals surface area contributed by atoms with Crippen molar-refractivity contribution in [3.8, 4) is 17.1 Å². The van der Waals surface area contributed by atoms with Gasteiger partial charge in [-0.25, -0.2) is 19.1 Å². The van der Waals surface area contributed by atoms with Gasteiger partial charge in [0.25, 0.3) is 11.8 Å². The van der Waals surface area contributed by atoms with E-state index in [1.165, 1.54) is 42.5 Å². The molecule has 0 aliphatic heterocycles. The Morgan fingerprint density at radius 1 is 1.03 bits per heavy atom. The van der Waals surface area contributed by atoms with Crippen molar-refractivity contribution < 1.29 is 27.9 Å². The van der Waals surface area contributed by atoms with E-state index in [-0.39, 0.29) is 28.5 Å². The predicted molar refractivity (Wildman–Crippen MR) is 126 cm³/mol. The molecule has 198 valence electrons. The van der Waals surface area contributed by atoms with E-state index in [1.807, 2.05) is 0 Å². The van der Waals surface area contributed by atoms with Crippen LogP contribution in [0, 0.1) is 0 Å². The van der Waals surface area contributed by atoms with Gasteiger partial charge in [-0.1, -0.05) is 23.7 Å². The summed E-state index contributed by atoms with van der Waals surface area (Å²) < 4.78 is 41.6. The molecular weight excluding hydrogens is 533 g/mol. The van der Waals surface area contributed by atoms with Crippen LogP contribution in [0.15, 0.2) is 53.3 Å². The Bertz CT molecular complexity index is 1580. The van der Waals surface area contributed by atoms with Crippen molar-refractivity contribution in [2.75, 3.05) is 0 Å². The fourth-order valence-corrected chi connectivity index (χ4v) is 3.67. The van der Waals surface area contributed by atoms with Crippen molar-refractivity contribution in [3.05, 3.63) is 81.3 Å². The van der Waals surface area contributed by atoms with Gasteiger partial charge in [-0.2, -0.15) is 13.2 Å². The number of hydrogen-bond acceptors (Lipinski definition) is 7. The molecule has 2 aromatic heterocycles. The molecule has 0 unspecified atom stereocenters. The Morgan fingerprint density at radius 2 is 1.68 bits per heavy atom. The molecule has 38 heavy (non-hydrogen) atoms. The minimum Gasteiger partial charge on any atom is -0.382 e. The van der Waals surface area contributed by atoms with Crippen LogP contribution in [0.25, 0.3) is 17.1 Å². The molecule has 12 nitrogen and oxygen atoms in total. The molecule has 2 amide bonds. The summed E-state index contributed by atoms with van der Waals surface area (Å²) in [6.45, 7) is -1.64. The zero-order chi connectivity index (χ0) is 27.8. The first-order chi connectivity index (χ1) is 17.9. The van der Waals surface area contributed by atoms with Gasteiger partial charge in [-0.05, 0) is 36.4 Å². The summed E-state index contributed by atoms with van der Waals surface area (Å²) in [6, 6.07) is 11.7. The third kappa shape index (κ3) is 5.28. The van der Waals surface area contributed by atoms with Crippen LogP contribution in [0.1, 0.15) is 26.8 Å². The lowest BCUT2D eigenvalue weighted by molar-refractivity contribution is -0.207. The Hall–Kier alpha value is -4.50. The third-order valence-electron chi connectivity index (χ3n) is 5.32. The van der Waals surface area contributed by atoms with Gasteiger partial charge in [0.1, 0.15) is 6.54 Å². The number of nitrogens with zero attached hydrogens (tertiary/aromatic N) is 6. The Labute approximate surface area is 215 Å². The predicted octanol–water partition coefficient (Wildman–Crippen LogP) is 1.12. The average molecular weight is 551 g/mol. The summed E-state index contributed by atoms with van der Waals surface area (Å²) in [5, 5.41) is 18.2. The van der Waals surface area contributed by atoms with Gasteiger partial charge in [0.2, 0.25) is 5.82 Å². The van der Waals surface area contributed by atoms with Crippen molar-refractivity contribution in [1.29, 1.82) is 0 Å². The van der Waals surface area contributed by atoms with E-state index in [9.17, 15) is 32.7 Å². The molecule has 0 saturated heterocycles. The SMILES string of the molecule is NC(=O)c1ccccc1-n1nc(Cn2nc(-c3ccc(Cl)cc3)n(C[C@H](O)C(F)(F)F)c2=O)nc1C(N)=O. The second-order valence-electron chi connectivity index (χ2n) is 7.95. The van der Waals surface area contributed by atoms with E-state index in [4.69, 9.17) is 23.1 Å². The number of aliphatic hydroxyl groups is 1. The van der Waals surface area contributed by atoms with E-state index in [0.717, 1.165) is 9.36 Å². The van der Waals surface area contributed by atoms with E-state index in [0.29, 0.717) is 9.59 Å². The second-order valence-corrected chi connectivity index (χ2v) is 8.38. The summed E-state index contributed by atoms with van der Waals surface area (Å²) in [5.74, 6) is -2.60. The highest BCUT2D eigenvalue weighted by molar-refractivity contribution is 6.30. The van der Waals surface area contributed by atoms with E-state index in [1.54, 1.807) is 6.07 Å². The number of primary amides is 2. The largest absolute Gasteiger partial charge is 0.416 e. The summed E-state index contributed by atoms with van der Waals surface area (Å²) in [5.41, 5.74) is 10.1. The fraction of sp³-hybridized carbons (Fsp3) is 0.182. The number of para-hydroxylation sites is 1. The lowest BCUT2D eigenvalue weighted by Crippen LogP contribution is -2.37. The van der Waals surface area contributed by atoms with Crippen LogP contribution in [0.2, 0.25) is 5.02 Å². The molecule has 4 aromatic rings. The number of alkyl halides is 3. The minimum atomic E-state index is -5.00. The maximum Gasteiger partial charge on any atom is 0.416 e. The molecule has 0 spiro atoms. The van der Waals surface area contributed by atoms with E-state index < -0.39 is 48.7 Å². The fourth-order valence-electron chi connectivity index (χ4n) is 3.55. The number of nitrogens with two attached hydrogens (primary N) is 2. The summed E-state index contributed by atoms with van der Waals surface area (Å²) in [6.07, 6.45) is -7.85. The molecule has 0 aliphatic carbocycles. The van der Waals surface area contributed by atoms with Crippen molar-refractivity contribution in [1.82, 2.24) is 29.1 Å². The van der Waals surface area contributed by atoms with Crippen LogP contribution in [-0.4, -0.2) is 58.3 Å². The lowest BCUT2D eigenvalue weighted by Gasteiger charge is -2.15. The summed E-state index contributed by atoms with van der Waals surface area (Å²) >= 11 is 5.88. The van der Waals surface area contributed by atoms with E-state index in [2.05, 4.69) is 15.2 Å². The van der Waals surface area contributed by atoms with Gasteiger partial charge in [-0.3, -0.25) is 14.2 Å². The molecule has 0 aliphatic rings. The minimum absolute atomic E-state index is 0.000872. The average Bonchev–Trinajstić information content (AvgIpc) is 3.41. The number of rotatable bonds is 8. The van der Waals surface area contributed by atoms with Crippen molar-refractivity contribution in [2.45, 2.75) is 25.4 Å². The van der Waals surface area contributed by atoms with Gasteiger partial charge in [0.15, 0.2) is 17.8 Å². The molecule has 2 aromatic carbocycles.